The van der Waals surface area contributed by atoms with E-state index in [4.69, 9.17) is 4.74 Å². The number of hydrogen-bond donors (Lipinski definition) is 1. The van der Waals surface area contributed by atoms with E-state index < -0.39 is 0 Å². The molecule has 3 heteroatoms. The van der Waals surface area contributed by atoms with Gasteiger partial charge in [0.2, 0.25) is 0 Å². The van der Waals surface area contributed by atoms with Crippen LogP contribution in [-0.2, 0) is 6.42 Å². The highest BCUT2D eigenvalue weighted by atomic mass is 16.5. The number of rotatable bonds is 6. The van der Waals surface area contributed by atoms with Crippen LogP contribution in [0.5, 0.6) is 5.75 Å². The summed E-state index contributed by atoms with van der Waals surface area (Å²) in [6, 6.07) is 6.54. The van der Waals surface area contributed by atoms with Crippen molar-refractivity contribution in [3.63, 3.8) is 0 Å². The molecule has 2 rings (SSSR count). The standard InChI is InChI=1S/C15H24N2O/c1-4-12(10-16-2)11-17(3)14-5-6-15-13(9-14)7-8-18-15/h5-6,9,12,16H,4,7-8,10-11H2,1-3H3. The lowest BCUT2D eigenvalue weighted by Crippen LogP contribution is -2.31. The zero-order chi connectivity index (χ0) is 13.0. The third kappa shape index (κ3) is 2.96. The topological polar surface area (TPSA) is 24.5 Å². The Hall–Kier alpha value is -1.22. The zero-order valence-corrected chi connectivity index (χ0v) is 11.7. The molecule has 0 saturated carbocycles. The van der Waals surface area contributed by atoms with Crippen molar-refractivity contribution < 1.29 is 4.74 Å². The van der Waals surface area contributed by atoms with Gasteiger partial charge >= 0.3 is 0 Å². The molecule has 1 aliphatic rings. The van der Waals surface area contributed by atoms with Crippen molar-refractivity contribution in [2.45, 2.75) is 19.8 Å². The van der Waals surface area contributed by atoms with Crippen molar-refractivity contribution in [1.29, 1.82) is 0 Å². The second-order valence-corrected chi connectivity index (χ2v) is 5.10. The maximum Gasteiger partial charge on any atom is 0.122 e. The first-order valence-electron chi connectivity index (χ1n) is 6.86. The molecule has 0 bridgehead atoms. The maximum absolute atomic E-state index is 5.55. The number of benzene rings is 1. The van der Waals surface area contributed by atoms with E-state index in [1.165, 1.54) is 17.7 Å². The first-order chi connectivity index (χ1) is 8.74. The lowest BCUT2D eigenvalue weighted by molar-refractivity contribution is 0.357. The van der Waals surface area contributed by atoms with Gasteiger partial charge in [-0.1, -0.05) is 13.3 Å². The molecule has 0 fully saturated rings. The SMILES string of the molecule is CCC(CNC)CN(C)c1ccc2c(c1)CCO2. The summed E-state index contributed by atoms with van der Waals surface area (Å²) in [5.74, 6) is 1.76. The first kappa shape index (κ1) is 13.2. The molecular weight excluding hydrogens is 224 g/mol. The van der Waals surface area contributed by atoms with Gasteiger partial charge in [-0.3, -0.25) is 0 Å². The molecule has 18 heavy (non-hydrogen) atoms. The van der Waals surface area contributed by atoms with Crippen molar-refractivity contribution in [2.75, 3.05) is 38.7 Å². The summed E-state index contributed by atoms with van der Waals surface area (Å²) in [6.07, 6.45) is 2.25. The Kier molecular flexibility index (Phi) is 4.48. The third-order valence-corrected chi connectivity index (χ3v) is 3.72. The first-order valence-corrected chi connectivity index (χ1v) is 6.86. The van der Waals surface area contributed by atoms with Crippen LogP contribution in [0.25, 0.3) is 0 Å². The molecule has 1 heterocycles. The molecule has 1 aliphatic heterocycles. The lowest BCUT2D eigenvalue weighted by atomic mass is 10.1. The molecule has 0 radical (unpaired) electrons. The molecule has 0 aliphatic carbocycles. The fourth-order valence-electron chi connectivity index (χ4n) is 2.53. The van der Waals surface area contributed by atoms with E-state index in [1.54, 1.807) is 0 Å². The fourth-order valence-corrected chi connectivity index (χ4v) is 2.53. The molecule has 1 unspecified atom stereocenters. The van der Waals surface area contributed by atoms with Gasteiger partial charge < -0.3 is 15.0 Å². The van der Waals surface area contributed by atoms with Crippen molar-refractivity contribution in [1.82, 2.24) is 5.32 Å². The van der Waals surface area contributed by atoms with Crippen LogP contribution in [0.2, 0.25) is 0 Å². The number of anilines is 1. The fraction of sp³-hybridized carbons (Fsp3) is 0.600. The van der Waals surface area contributed by atoms with Gasteiger partial charge in [-0.2, -0.15) is 0 Å². The summed E-state index contributed by atoms with van der Waals surface area (Å²) in [4.78, 5) is 2.35. The Labute approximate surface area is 110 Å². The third-order valence-electron chi connectivity index (χ3n) is 3.72. The van der Waals surface area contributed by atoms with Gasteiger partial charge in [0.05, 0.1) is 6.61 Å². The normalized spacial score (nSPS) is 15.1. The van der Waals surface area contributed by atoms with E-state index in [-0.39, 0.29) is 0 Å². The van der Waals surface area contributed by atoms with Gasteiger partial charge in [0.15, 0.2) is 0 Å². The summed E-state index contributed by atoms with van der Waals surface area (Å²) >= 11 is 0. The van der Waals surface area contributed by atoms with Crippen molar-refractivity contribution in [2.24, 2.45) is 5.92 Å². The number of hydrogen-bond acceptors (Lipinski definition) is 3. The molecule has 0 aromatic heterocycles. The molecule has 0 amide bonds. The minimum absolute atomic E-state index is 0.699. The number of ether oxygens (including phenoxy) is 1. The summed E-state index contributed by atoms with van der Waals surface area (Å²) in [6.45, 7) is 5.26. The van der Waals surface area contributed by atoms with E-state index in [2.05, 4.69) is 42.4 Å². The lowest BCUT2D eigenvalue weighted by Gasteiger charge is -2.25. The Balaban J connectivity index is 2.02. The number of fused-ring (bicyclic) bond motifs is 1. The molecule has 100 valence electrons. The van der Waals surface area contributed by atoms with Crippen LogP contribution in [0.1, 0.15) is 18.9 Å². The number of nitrogens with zero attached hydrogens (tertiary/aromatic N) is 1. The van der Waals surface area contributed by atoms with Crippen LogP contribution < -0.4 is 15.0 Å². The average Bonchev–Trinajstić information content (AvgIpc) is 2.85. The predicted molar refractivity (Wildman–Crippen MR) is 76.6 cm³/mol. The number of nitrogens with one attached hydrogen (secondary N) is 1. The molecule has 0 saturated heterocycles. The molecular formula is C15H24N2O. The molecule has 3 nitrogen and oxygen atoms in total. The maximum atomic E-state index is 5.55. The van der Waals surface area contributed by atoms with Gasteiger partial charge in [0.1, 0.15) is 5.75 Å². The Bertz CT molecular complexity index is 392. The summed E-state index contributed by atoms with van der Waals surface area (Å²) in [7, 11) is 4.20. The summed E-state index contributed by atoms with van der Waals surface area (Å²) in [5, 5.41) is 3.27. The van der Waals surface area contributed by atoms with Crippen LogP contribution in [0.4, 0.5) is 5.69 Å². The Morgan fingerprint density at radius 2 is 2.28 bits per heavy atom. The van der Waals surface area contributed by atoms with Crippen molar-refractivity contribution >= 4 is 5.69 Å². The smallest absolute Gasteiger partial charge is 0.122 e. The van der Waals surface area contributed by atoms with E-state index in [1.807, 2.05) is 7.05 Å². The minimum atomic E-state index is 0.699. The van der Waals surface area contributed by atoms with Crippen LogP contribution in [-0.4, -0.2) is 33.8 Å². The van der Waals surface area contributed by atoms with Crippen LogP contribution in [0.3, 0.4) is 0 Å². The zero-order valence-electron chi connectivity index (χ0n) is 11.7. The van der Waals surface area contributed by atoms with Crippen molar-refractivity contribution in [3.05, 3.63) is 23.8 Å². The van der Waals surface area contributed by atoms with Gasteiger partial charge in [-0.15, -0.1) is 0 Å². The van der Waals surface area contributed by atoms with Crippen molar-refractivity contribution in [3.8, 4) is 5.75 Å². The van der Waals surface area contributed by atoms with E-state index in [0.29, 0.717) is 5.92 Å². The monoisotopic (exact) mass is 248 g/mol. The molecule has 1 aromatic carbocycles. The molecule has 1 N–H and O–H groups in total. The molecule has 1 atom stereocenters. The van der Waals surface area contributed by atoms with Crippen LogP contribution in [0.15, 0.2) is 18.2 Å². The highest BCUT2D eigenvalue weighted by molar-refractivity contribution is 5.53. The van der Waals surface area contributed by atoms with Gasteiger partial charge in [0, 0.05) is 25.7 Å². The average molecular weight is 248 g/mol. The van der Waals surface area contributed by atoms with Gasteiger partial charge in [-0.25, -0.2) is 0 Å². The largest absolute Gasteiger partial charge is 0.493 e. The second-order valence-electron chi connectivity index (χ2n) is 5.10. The Morgan fingerprint density at radius 3 is 3.00 bits per heavy atom. The predicted octanol–water partition coefficient (Wildman–Crippen LogP) is 2.30. The van der Waals surface area contributed by atoms with E-state index in [0.717, 1.165) is 31.9 Å². The van der Waals surface area contributed by atoms with Crippen LogP contribution in [0, 0.1) is 5.92 Å². The highest BCUT2D eigenvalue weighted by Gasteiger charge is 2.15. The second kappa shape index (κ2) is 6.10. The van der Waals surface area contributed by atoms with Crippen LogP contribution >= 0.6 is 0 Å². The Morgan fingerprint density at radius 1 is 1.44 bits per heavy atom. The van der Waals surface area contributed by atoms with E-state index >= 15 is 0 Å². The summed E-state index contributed by atoms with van der Waals surface area (Å²) in [5.41, 5.74) is 2.65. The minimum Gasteiger partial charge on any atom is -0.493 e. The van der Waals surface area contributed by atoms with E-state index in [9.17, 15) is 0 Å². The highest BCUT2D eigenvalue weighted by Crippen LogP contribution is 2.29. The van der Waals surface area contributed by atoms with Gasteiger partial charge in [0.25, 0.3) is 0 Å². The quantitative estimate of drug-likeness (QED) is 0.836. The molecule has 1 aromatic rings. The summed E-state index contributed by atoms with van der Waals surface area (Å²) < 4.78 is 5.55. The molecule has 0 spiro atoms. The van der Waals surface area contributed by atoms with Gasteiger partial charge in [-0.05, 0) is 43.3 Å².